The van der Waals surface area contributed by atoms with Gasteiger partial charge >= 0.3 is 0 Å². The van der Waals surface area contributed by atoms with E-state index in [0.29, 0.717) is 18.5 Å². The smallest absolute Gasteiger partial charge is 0.251 e. The summed E-state index contributed by atoms with van der Waals surface area (Å²) in [5.74, 6) is -0.0721. The number of carbonyl (C=O) groups is 1. The van der Waals surface area contributed by atoms with Crippen molar-refractivity contribution in [2.24, 2.45) is 0 Å². The van der Waals surface area contributed by atoms with E-state index < -0.39 is 0 Å². The van der Waals surface area contributed by atoms with Crippen molar-refractivity contribution in [1.29, 1.82) is 0 Å². The van der Waals surface area contributed by atoms with Crippen LogP contribution in [-0.2, 0) is 0 Å². The molecule has 96 valence electrons. The molecule has 4 nitrogen and oxygen atoms in total. The molecule has 2 aromatic rings. The number of fused-ring (bicyclic) bond motifs is 1. The van der Waals surface area contributed by atoms with E-state index in [2.05, 4.69) is 10.3 Å². The van der Waals surface area contributed by atoms with Crippen LogP contribution in [0, 0.1) is 0 Å². The Morgan fingerprint density at radius 2 is 2.28 bits per heavy atom. The highest BCUT2D eigenvalue weighted by Gasteiger charge is 2.06. The van der Waals surface area contributed by atoms with E-state index in [1.54, 1.807) is 6.92 Å². The molecular weight excluding hydrogens is 228 g/mol. The van der Waals surface area contributed by atoms with Crippen LogP contribution in [0.5, 0.6) is 0 Å². The molecule has 1 aromatic heterocycles. The van der Waals surface area contributed by atoms with Gasteiger partial charge in [-0.3, -0.25) is 4.79 Å². The summed E-state index contributed by atoms with van der Waals surface area (Å²) in [4.78, 5) is 15.0. The number of aromatic amines is 1. The summed E-state index contributed by atoms with van der Waals surface area (Å²) in [6.45, 7) is 2.34. The number of rotatable bonds is 5. The molecule has 0 saturated heterocycles. The molecule has 1 atom stereocenters. The van der Waals surface area contributed by atoms with Crippen molar-refractivity contribution in [3.63, 3.8) is 0 Å². The van der Waals surface area contributed by atoms with Crippen molar-refractivity contribution in [2.45, 2.75) is 25.9 Å². The summed E-state index contributed by atoms with van der Waals surface area (Å²) >= 11 is 0. The predicted molar refractivity (Wildman–Crippen MR) is 71.5 cm³/mol. The second kappa shape index (κ2) is 5.69. The molecule has 1 amide bonds. The fourth-order valence-electron chi connectivity index (χ4n) is 1.89. The summed E-state index contributed by atoms with van der Waals surface area (Å²) in [5, 5.41) is 13.1. The molecule has 0 aliphatic rings. The Bertz CT molecular complexity index is 531. The molecule has 0 bridgehead atoms. The maximum atomic E-state index is 11.9. The van der Waals surface area contributed by atoms with Gasteiger partial charge in [-0.25, -0.2) is 0 Å². The van der Waals surface area contributed by atoms with Gasteiger partial charge in [0.25, 0.3) is 5.91 Å². The molecule has 0 spiro atoms. The Kier molecular flexibility index (Phi) is 3.99. The van der Waals surface area contributed by atoms with Crippen molar-refractivity contribution in [2.75, 3.05) is 6.54 Å². The Morgan fingerprint density at radius 1 is 1.44 bits per heavy atom. The van der Waals surface area contributed by atoms with Crippen molar-refractivity contribution < 1.29 is 9.90 Å². The van der Waals surface area contributed by atoms with Gasteiger partial charge in [-0.05, 0) is 43.4 Å². The Balaban J connectivity index is 1.92. The zero-order valence-electron chi connectivity index (χ0n) is 10.4. The van der Waals surface area contributed by atoms with Gasteiger partial charge in [-0.15, -0.1) is 0 Å². The van der Waals surface area contributed by atoms with Crippen LogP contribution in [0.15, 0.2) is 30.5 Å². The van der Waals surface area contributed by atoms with Crippen LogP contribution in [0.4, 0.5) is 0 Å². The predicted octanol–water partition coefficient (Wildman–Crippen LogP) is 2.06. The normalized spacial score (nSPS) is 12.6. The van der Waals surface area contributed by atoms with Gasteiger partial charge in [0.2, 0.25) is 0 Å². The van der Waals surface area contributed by atoms with E-state index >= 15 is 0 Å². The number of hydrogen-bond donors (Lipinski definition) is 3. The van der Waals surface area contributed by atoms with Gasteiger partial charge < -0.3 is 15.4 Å². The number of amides is 1. The van der Waals surface area contributed by atoms with Gasteiger partial charge in [-0.1, -0.05) is 6.07 Å². The van der Waals surface area contributed by atoms with Crippen molar-refractivity contribution in [3.8, 4) is 0 Å². The lowest BCUT2D eigenvalue weighted by Gasteiger charge is -2.06. The first-order valence-electron chi connectivity index (χ1n) is 6.20. The molecule has 1 heterocycles. The molecule has 1 unspecified atom stereocenters. The number of benzene rings is 1. The van der Waals surface area contributed by atoms with E-state index in [-0.39, 0.29) is 12.0 Å². The number of carbonyl (C=O) groups excluding carboxylic acids is 1. The maximum absolute atomic E-state index is 11.9. The average Bonchev–Trinajstić information content (AvgIpc) is 2.81. The van der Waals surface area contributed by atoms with E-state index in [1.807, 2.05) is 30.5 Å². The standard InChI is InChI=1S/C14H18N2O2/c1-10(17)3-2-7-16-14(18)12-5-4-11-6-8-15-13(11)9-12/h4-6,8-10,15,17H,2-3,7H2,1H3,(H,16,18). The molecular formula is C14H18N2O2. The van der Waals surface area contributed by atoms with Crippen LogP contribution in [0.25, 0.3) is 10.9 Å². The monoisotopic (exact) mass is 246 g/mol. The molecule has 0 radical (unpaired) electrons. The summed E-state index contributed by atoms with van der Waals surface area (Å²) in [6.07, 6.45) is 3.04. The highest BCUT2D eigenvalue weighted by molar-refractivity contribution is 5.97. The molecule has 0 fully saturated rings. The van der Waals surface area contributed by atoms with Crippen molar-refractivity contribution in [3.05, 3.63) is 36.0 Å². The number of H-pyrrole nitrogens is 1. The Hall–Kier alpha value is -1.81. The quantitative estimate of drug-likeness (QED) is 0.707. The number of aliphatic hydroxyl groups excluding tert-OH is 1. The molecule has 18 heavy (non-hydrogen) atoms. The van der Waals surface area contributed by atoms with Crippen LogP contribution in [0.2, 0.25) is 0 Å². The molecule has 1 aromatic carbocycles. The number of nitrogens with one attached hydrogen (secondary N) is 2. The summed E-state index contributed by atoms with van der Waals surface area (Å²) in [7, 11) is 0. The molecule has 2 rings (SSSR count). The molecule has 0 saturated carbocycles. The summed E-state index contributed by atoms with van der Waals surface area (Å²) in [5.41, 5.74) is 1.62. The first-order chi connectivity index (χ1) is 8.66. The Labute approximate surface area is 106 Å². The maximum Gasteiger partial charge on any atom is 0.251 e. The van der Waals surface area contributed by atoms with Crippen molar-refractivity contribution in [1.82, 2.24) is 10.3 Å². The summed E-state index contributed by atoms with van der Waals surface area (Å²) in [6, 6.07) is 7.57. The van der Waals surface area contributed by atoms with E-state index in [9.17, 15) is 4.79 Å². The number of aliphatic hydroxyl groups is 1. The molecule has 0 aliphatic heterocycles. The third kappa shape index (κ3) is 3.11. The van der Waals surface area contributed by atoms with Crippen LogP contribution >= 0.6 is 0 Å². The largest absolute Gasteiger partial charge is 0.393 e. The lowest BCUT2D eigenvalue weighted by atomic mass is 10.1. The topological polar surface area (TPSA) is 65.1 Å². The van der Waals surface area contributed by atoms with Crippen LogP contribution in [-0.4, -0.2) is 28.6 Å². The van der Waals surface area contributed by atoms with Crippen LogP contribution < -0.4 is 5.32 Å². The minimum Gasteiger partial charge on any atom is -0.393 e. The second-order valence-corrected chi connectivity index (χ2v) is 4.53. The minimum atomic E-state index is -0.308. The third-order valence-corrected chi connectivity index (χ3v) is 2.90. The fraction of sp³-hybridized carbons (Fsp3) is 0.357. The molecule has 4 heteroatoms. The lowest BCUT2D eigenvalue weighted by Crippen LogP contribution is -2.24. The lowest BCUT2D eigenvalue weighted by molar-refractivity contribution is 0.0950. The van der Waals surface area contributed by atoms with Crippen LogP contribution in [0.1, 0.15) is 30.1 Å². The summed E-state index contributed by atoms with van der Waals surface area (Å²) < 4.78 is 0. The third-order valence-electron chi connectivity index (χ3n) is 2.90. The van der Waals surface area contributed by atoms with Gasteiger partial charge in [0, 0.05) is 23.8 Å². The van der Waals surface area contributed by atoms with Crippen LogP contribution in [0.3, 0.4) is 0 Å². The zero-order valence-corrected chi connectivity index (χ0v) is 10.4. The first-order valence-corrected chi connectivity index (χ1v) is 6.20. The number of aromatic nitrogens is 1. The molecule has 0 aliphatic carbocycles. The fourth-order valence-corrected chi connectivity index (χ4v) is 1.89. The minimum absolute atomic E-state index is 0.0721. The van der Waals surface area contributed by atoms with E-state index in [0.717, 1.165) is 17.3 Å². The van der Waals surface area contributed by atoms with Gasteiger partial charge in [0.05, 0.1) is 6.10 Å². The molecule has 3 N–H and O–H groups in total. The highest BCUT2D eigenvalue weighted by atomic mass is 16.3. The SMILES string of the molecule is CC(O)CCCNC(=O)c1ccc2cc[nH]c2c1. The second-order valence-electron chi connectivity index (χ2n) is 4.53. The highest BCUT2D eigenvalue weighted by Crippen LogP contribution is 2.13. The van der Waals surface area contributed by atoms with E-state index in [4.69, 9.17) is 5.11 Å². The number of hydrogen-bond acceptors (Lipinski definition) is 2. The van der Waals surface area contributed by atoms with Gasteiger partial charge in [-0.2, -0.15) is 0 Å². The average molecular weight is 246 g/mol. The van der Waals surface area contributed by atoms with E-state index in [1.165, 1.54) is 0 Å². The zero-order chi connectivity index (χ0) is 13.0. The Morgan fingerprint density at radius 3 is 3.06 bits per heavy atom. The van der Waals surface area contributed by atoms with Gasteiger partial charge in [0.15, 0.2) is 0 Å². The van der Waals surface area contributed by atoms with Gasteiger partial charge in [0.1, 0.15) is 0 Å². The first kappa shape index (κ1) is 12.6. The van der Waals surface area contributed by atoms with Crippen molar-refractivity contribution >= 4 is 16.8 Å².